The number of anilines is 1. The minimum Gasteiger partial charge on any atom is -0.484 e. The maximum atomic E-state index is 12.3. The number of benzene rings is 2. The number of carbonyl (C=O) groups excluding carboxylic acids is 1. The summed E-state index contributed by atoms with van der Waals surface area (Å²) in [5.74, 6) is 0.756. The molecule has 1 amide bonds. The first kappa shape index (κ1) is 19.8. The zero-order chi connectivity index (χ0) is 19.0. The van der Waals surface area contributed by atoms with Gasteiger partial charge < -0.3 is 10.1 Å². The highest BCUT2D eigenvalue weighted by atomic mass is 32.2. The lowest BCUT2D eigenvalue weighted by Gasteiger charge is -2.10. The second kappa shape index (κ2) is 9.24. The quantitative estimate of drug-likeness (QED) is 0.704. The van der Waals surface area contributed by atoms with Gasteiger partial charge in [-0.15, -0.1) is 0 Å². The number of ether oxygens (including phenoxy) is 1. The average Bonchev–Trinajstić information content (AvgIpc) is 2.60. The molecule has 140 valence electrons. The molecule has 0 aliphatic rings. The van der Waals surface area contributed by atoms with Gasteiger partial charge in [0, 0.05) is 12.2 Å². The Morgan fingerprint density at radius 1 is 1.04 bits per heavy atom. The van der Waals surface area contributed by atoms with E-state index in [1.165, 1.54) is 24.3 Å². The summed E-state index contributed by atoms with van der Waals surface area (Å²) in [4.78, 5) is 11.8. The third-order valence-corrected chi connectivity index (χ3v) is 4.97. The van der Waals surface area contributed by atoms with Crippen molar-refractivity contribution in [3.05, 3.63) is 54.6 Å². The summed E-state index contributed by atoms with van der Waals surface area (Å²) in [5, 5.41) is 2.78. The van der Waals surface area contributed by atoms with Crippen molar-refractivity contribution in [1.29, 1.82) is 0 Å². The molecule has 0 aliphatic heterocycles. The summed E-state index contributed by atoms with van der Waals surface area (Å²) in [5.41, 5.74) is 0.492. The topological polar surface area (TPSA) is 84.5 Å². The number of carbonyl (C=O) groups is 1. The molecule has 0 unspecified atom stereocenters. The van der Waals surface area contributed by atoms with E-state index in [1.54, 1.807) is 24.3 Å². The molecule has 2 aromatic carbocycles. The summed E-state index contributed by atoms with van der Waals surface area (Å²) >= 11 is 0. The third-order valence-electron chi connectivity index (χ3n) is 3.57. The van der Waals surface area contributed by atoms with Crippen molar-refractivity contribution in [3.8, 4) is 5.75 Å². The van der Waals surface area contributed by atoms with Gasteiger partial charge in [0.1, 0.15) is 5.75 Å². The van der Waals surface area contributed by atoms with Crippen molar-refractivity contribution in [1.82, 2.24) is 5.32 Å². The molecule has 0 heterocycles. The second-order valence-electron chi connectivity index (χ2n) is 6.26. The van der Waals surface area contributed by atoms with Crippen LogP contribution in [-0.2, 0) is 14.8 Å². The number of para-hydroxylation sites is 1. The van der Waals surface area contributed by atoms with Crippen LogP contribution in [0.3, 0.4) is 0 Å². The van der Waals surface area contributed by atoms with E-state index in [0.717, 1.165) is 6.42 Å². The standard InChI is InChI=1S/C19H24N2O4S/c1-15(2)12-13-20-19(22)14-25-17-8-10-18(11-9-17)26(23,24)21-16-6-4-3-5-7-16/h3-11,15,21H,12-14H2,1-2H3,(H,20,22). The number of rotatable bonds is 9. The predicted octanol–water partition coefficient (Wildman–Crippen LogP) is 3.03. The molecule has 0 saturated carbocycles. The van der Waals surface area contributed by atoms with Crippen LogP contribution in [0.1, 0.15) is 20.3 Å². The molecule has 2 aromatic rings. The molecule has 0 spiro atoms. The molecule has 26 heavy (non-hydrogen) atoms. The van der Waals surface area contributed by atoms with Gasteiger partial charge in [-0.25, -0.2) is 8.42 Å². The van der Waals surface area contributed by atoms with Gasteiger partial charge in [0.25, 0.3) is 15.9 Å². The van der Waals surface area contributed by atoms with Crippen molar-refractivity contribution >= 4 is 21.6 Å². The van der Waals surface area contributed by atoms with Crippen LogP contribution in [0.5, 0.6) is 5.75 Å². The molecule has 6 nitrogen and oxygen atoms in total. The molecule has 0 aromatic heterocycles. The predicted molar refractivity (Wildman–Crippen MR) is 102 cm³/mol. The highest BCUT2D eigenvalue weighted by Crippen LogP contribution is 2.19. The number of amides is 1. The largest absolute Gasteiger partial charge is 0.484 e. The molecule has 0 bridgehead atoms. The fourth-order valence-electron chi connectivity index (χ4n) is 2.14. The van der Waals surface area contributed by atoms with Gasteiger partial charge >= 0.3 is 0 Å². The van der Waals surface area contributed by atoms with Crippen LogP contribution in [-0.4, -0.2) is 27.5 Å². The molecule has 2 N–H and O–H groups in total. The van der Waals surface area contributed by atoms with Gasteiger partial charge in [0.2, 0.25) is 0 Å². The first-order chi connectivity index (χ1) is 12.4. The molecule has 0 fully saturated rings. The summed E-state index contributed by atoms with van der Waals surface area (Å²) < 4.78 is 32.6. The monoisotopic (exact) mass is 376 g/mol. The van der Waals surface area contributed by atoms with E-state index in [-0.39, 0.29) is 17.4 Å². The maximum Gasteiger partial charge on any atom is 0.261 e. The summed E-state index contributed by atoms with van der Waals surface area (Å²) in [6, 6.07) is 14.6. The van der Waals surface area contributed by atoms with E-state index in [4.69, 9.17) is 4.74 Å². The van der Waals surface area contributed by atoms with E-state index in [9.17, 15) is 13.2 Å². The van der Waals surface area contributed by atoms with E-state index in [0.29, 0.717) is 23.9 Å². The van der Waals surface area contributed by atoms with Crippen LogP contribution in [0, 0.1) is 5.92 Å². The van der Waals surface area contributed by atoms with Crippen LogP contribution < -0.4 is 14.8 Å². The summed E-state index contributed by atoms with van der Waals surface area (Å²) in [6.45, 7) is 4.69. The minimum absolute atomic E-state index is 0.105. The van der Waals surface area contributed by atoms with Crippen molar-refractivity contribution in [3.63, 3.8) is 0 Å². The molecular weight excluding hydrogens is 352 g/mol. The highest BCUT2D eigenvalue weighted by molar-refractivity contribution is 7.92. The van der Waals surface area contributed by atoms with Gasteiger partial charge in [-0.05, 0) is 48.7 Å². The maximum absolute atomic E-state index is 12.3. The summed E-state index contributed by atoms with van der Waals surface area (Å²) in [7, 11) is -3.67. The first-order valence-electron chi connectivity index (χ1n) is 8.44. The van der Waals surface area contributed by atoms with Crippen LogP contribution in [0.4, 0.5) is 5.69 Å². The Balaban J connectivity index is 1.88. The number of hydrogen-bond donors (Lipinski definition) is 2. The van der Waals surface area contributed by atoms with Gasteiger partial charge in [-0.3, -0.25) is 9.52 Å². The van der Waals surface area contributed by atoms with Crippen molar-refractivity contribution < 1.29 is 17.9 Å². The van der Waals surface area contributed by atoms with Crippen molar-refractivity contribution in [2.75, 3.05) is 17.9 Å². The van der Waals surface area contributed by atoms with E-state index in [2.05, 4.69) is 23.9 Å². The lowest BCUT2D eigenvalue weighted by atomic mass is 10.1. The minimum atomic E-state index is -3.67. The molecular formula is C19H24N2O4S. The van der Waals surface area contributed by atoms with Gasteiger partial charge in [0.15, 0.2) is 6.61 Å². The average molecular weight is 376 g/mol. The fourth-order valence-corrected chi connectivity index (χ4v) is 3.19. The number of hydrogen-bond acceptors (Lipinski definition) is 4. The molecule has 0 radical (unpaired) electrons. The van der Waals surface area contributed by atoms with Crippen LogP contribution in [0.25, 0.3) is 0 Å². The van der Waals surface area contributed by atoms with Gasteiger partial charge in [0.05, 0.1) is 4.90 Å². The van der Waals surface area contributed by atoms with E-state index in [1.807, 2.05) is 6.07 Å². The Morgan fingerprint density at radius 2 is 1.69 bits per heavy atom. The lowest BCUT2D eigenvalue weighted by molar-refractivity contribution is -0.123. The molecule has 0 saturated heterocycles. The van der Waals surface area contributed by atoms with Gasteiger partial charge in [-0.1, -0.05) is 32.0 Å². The number of sulfonamides is 1. The Labute approximate surface area is 154 Å². The Hall–Kier alpha value is -2.54. The Kier molecular flexibility index (Phi) is 7.03. The van der Waals surface area contributed by atoms with E-state index >= 15 is 0 Å². The smallest absolute Gasteiger partial charge is 0.261 e. The lowest BCUT2D eigenvalue weighted by Crippen LogP contribution is -2.30. The molecule has 0 aliphatic carbocycles. The Morgan fingerprint density at radius 3 is 2.31 bits per heavy atom. The van der Waals surface area contributed by atoms with Crippen LogP contribution in [0.2, 0.25) is 0 Å². The highest BCUT2D eigenvalue weighted by Gasteiger charge is 2.14. The third kappa shape index (κ3) is 6.40. The van der Waals surface area contributed by atoms with E-state index < -0.39 is 10.0 Å². The van der Waals surface area contributed by atoms with Crippen molar-refractivity contribution in [2.45, 2.75) is 25.2 Å². The Bertz CT molecular complexity index is 803. The SMILES string of the molecule is CC(C)CCNC(=O)COc1ccc(S(=O)(=O)Nc2ccccc2)cc1. The molecule has 0 atom stereocenters. The second-order valence-corrected chi connectivity index (χ2v) is 7.95. The van der Waals surface area contributed by atoms with Gasteiger partial charge in [-0.2, -0.15) is 0 Å². The molecule has 7 heteroatoms. The molecule has 2 rings (SSSR count). The van der Waals surface area contributed by atoms with Crippen LogP contribution >= 0.6 is 0 Å². The zero-order valence-corrected chi connectivity index (χ0v) is 15.8. The normalized spacial score (nSPS) is 11.2. The van der Waals surface area contributed by atoms with Crippen molar-refractivity contribution in [2.24, 2.45) is 5.92 Å². The number of nitrogens with one attached hydrogen (secondary N) is 2. The zero-order valence-electron chi connectivity index (χ0n) is 14.9. The first-order valence-corrected chi connectivity index (χ1v) is 9.92. The fraction of sp³-hybridized carbons (Fsp3) is 0.316. The summed E-state index contributed by atoms with van der Waals surface area (Å²) in [6.07, 6.45) is 0.909. The van der Waals surface area contributed by atoms with Crippen LogP contribution in [0.15, 0.2) is 59.5 Å².